The van der Waals surface area contributed by atoms with Crippen molar-refractivity contribution in [3.05, 3.63) is 70.7 Å². The van der Waals surface area contributed by atoms with E-state index in [1.807, 2.05) is 54.6 Å². The topological polar surface area (TPSA) is 40.5 Å². The SMILES string of the molecule is O=C1CS[C@H](c2ccccc2Cl)N1C[C@H](O)c1ccccc1. The third-order valence-corrected chi connectivity index (χ3v) is 5.28. The lowest BCUT2D eigenvalue weighted by Crippen LogP contribution is -2.32. The maximum atomic E-state index is 12.2. The van der Waals surface area contributed by atoms with Gasteiger partial charge in [-0.2, -0.15) is 0 Å². The maximum absolute atomic E-state index is 12.2. The number of carbonyl (C=O) groups is 1. The van der Waals surface area contributed by atoms with Gasteiger partial charge < -0.3 is 10.0 Å². The Kier molecular flexibility index (Phi) is 4.71. The summed E-state index contributed by atoms with van der Waals surface area (Å²) in [5.74, 6) is 0.446. The largest absolute Gasteiger partial charge is 0.387 e. The number of nitrogens with zero attached hydrogens (tertiary/aromatic N) is 1. The van der Waals surface area contributed by atoms with Crippen LogP contribution in [0.15, 0.2) is 54.6 Å². The molecule has 1 saturated heterocycles. The Labute approximate surface area is 138 Å². The molecule has 22 heavy (non-hydrogen) atoms. The van der Waals surface area contributed by atoms with E-state index < -0.39 is 6.10 Å². The third-order valence-electron chi connectivity index (χ3n) is 3.69. The van der Waals surface area contributed by atoms with Crippen molar-refractivity contribution >= 4 is 29.3 Å². The zero-order chi connectivity index (χ0) is 15.5. The second kappa shape index (κ2) is 6.73. The van der Waals surface area contributed by atoms with Crippen LogP contribution in [0.4, 0.5) is 0 Å². The highest BCUT2D eigenvalue weighted by atomic mass is 35.5. The zero-order valence-electron chi connectivity index (χ0n) is 11.9. The van der Waals surface area contributed by atoms with Gasteiger partial charge in [-0.1, -0.05) is 60.1 Å². The fourth-order valence-corrected chi connectivity index (χ4v) is 4.09. The molecule has 0 radical (unpaired) electrons. The van der Waals surface area contributed by atoms with E-state index in [9.17, 15) is 9.90 Å². The van der Waals surface area contributed by atoms with Crippen LogP contribution in [0.25, 0.3) is 0 Å². The number of amides is 1. The van der Waals surface area contributed by atoms with Crippen LogP contribution in [-0.2, 0) is 4.79 Å². The minimum Gasteiger partial charge on any atom is -0.387 e. The van der Waals surface area contributed by atoms with Gasteiger partial charge in [-0.3, -0.25) is 4.79 Å². The van der Waals surface area contributed by atoms with Gasteiger partial charge in [-0.15, -0.1) is 11.8 Å². The van der Waals surface area contributed by atoms with Crippen LogP contribution >= 0.6 is 23.4 Å². The van der Waals surface area contributed by atoms with Crippen molar-refractivity contribution in [2.45, 2.75) is 11.5 Å². The van der Waals surface area contributed by atoms with Gasteiger partial charge in [0.15, 0.2) is 0 Å². The first kappa shape index (κ1) is 15.4. The Balaban J connectivity index is 1.81. The number of β-amino-alcohol motifs (C(OH)–C–C–N with tert-alkyl or cyclic N) is 1. The van der Waals surface area contributed by atoms with Crippen LogP contribution in [0.1, 0.15) is 22.6 Å². The Bertz CT molecular complexity index is 665. The van der Waals surface area contributed by atoms with Gasteiger partial charge >= 0.3 is 0 Å². The molecule has 1 aliphatic heterocycles. The molecule has 3 rings (SSSR count). The summed E-state index contributed by atoms with van der Waals surface area (Å²) in [7, 11) is 0. The normalized spacial score (nSPS) is 19.5. The monoisotopic (exact) mass is 333 g/mol. The lowest BCUT2D eigenvalue weighted by atomic mass is 10.1. The average Bonchev–Trinajstić information content (AvgIpc) is 2.90. The number of hydrogen-bond donors (Lipinski definition) is 1. The summed E-state index contributed by atoms with van der Waals surface area (Å²) < 4.78 is 0. The minimum absolute atomic E-state index is 0.0323. The van der Waals surface area contributed by atoms with Gasteiger partial charge in [0, 0.05) is 10.6 Å². The summed E-state index contributed by atoms with van der Waals surface area (Å²) in [5, 5.41) is 10.9. The second-order valence-electron chi connectivity index (χ2n) is 5.16. The molecule has 114 valence electrons. The van der Waals surface area contributed by atoms with Gasteiger partial charge in [0.25, 0.3) is 0 Å². The number of rotatable bonds is 4. The minimum atomic E-state index is -0.700. The van der Waals surface area contributed by atoms with Crippen molar-refractivity contribution < 1.29 is 9.90 Å². The highest BCUT2D eigenvalue weighted by Gasteiger charge is 2.35. The van der Waals surface area contributed by atoms with Crippen LogP contribution in [-0.4, -0.2) is 28.2 Å². The molecule has 0 aliphatic carbocycles. The first-order valence-corrected chi connectivity index (χ1v) is 8.48. The molecule has 3 nitrogen and oxygen atoms in total. The van der Waals surface area contributed by atoms with E-state index in [1.165, 1.54) is 0 Å². The Morgan fingerprint density at radius 1 is 1.18 bits per heavy atom. The number of thioether (sulfide) groups is 1. The number of benzene rings is 2. The molecule has 2 atom stereocenters. The van der Waals surface area contributed by atoms with Crippen molar-refractivity contribution in [2.75, 3.05) is 12.3 Å². The van der Waals surface area contributed by atoms with Crippen LogP contribution in [0, 0.1) is 0 Å². The maximum Gasteiger partial charge on any atom is 0.233 e. The number of hydrogen-bond acceptors (Lipinski definition) is 3. The molecule has 2 aromatic carbocycles. The van der Waals surface area contributed by atoms with Gasteiger partial charge in [-0.05, 0) is 11.6 Å². The highest BCUT2D eigenvalue weighted by Crippen LogP contribution is 2.42. The van der Waals surface area contributed by atoms with Gasteiger partial charge in [0.2, 0.25) is 5.91 Å². The number of aliphatic hydroxyl groups excluding tert-OH is 1. The summed E-state index contributed by atoms with van der Waals surface area (Å²) in [5.41, 5.74) is 1.73. The Morgan fingerprint density at radius 3 is 2.59 bits per heavy atom. The molecule has 1 aliphatic rings. The molecule has 2 aromatic rings. The summed E-state index contributed by atoms with van der Waals surface area (Å²) >= 11 is 7.80. The zero-order valence-corrected chi connectivity index (χ0v) is 13.4. The highest BCUT2D eigenvalue weighted by molar-refractivity contribution is 8.00. The van der Waals surface area contributed by atoms with Crippen LogP contribution in [0.5, 0.6) is 0 Å². The van der Waals surface area contributed by atoms with Crippen LogP contribution in [0.3, 0.4) is 0 Å². The Morgan fingerprint density at radius 2 is 1.86 bits per heavy atom. The van der Waals surface area contributed by atoms with E-state index in [4.69, 9.17) is 11.6 Å². The molecule has 1 fully saturated rings. The van der Waals surface area contributed by atoms with E-state index in [2.05, 4.69) is 0 Å². The quantitative estimate of drug-likeness (QED) is 0.928. The lowest BCUT2D eigenvalue weighted by Gasteiger charge is -2.27. The Hall–Kier alpha value is -1.49. The molecular weight excluding hydrogens is 318 g/mol. The summed E-state index contributed by atoms with van der Waals surface area (Å²) in [6, 6.07) is 16.9. The smallest absolute Gasteiger partial charge is 0.233 e. The van der Waals surface area contributed by atoms with Gasteiger partial charge in [0.05, 0.1) is 18.4 Å². The van der Waals surface area contributed by atoms with E-state index in [1.54, 1.807) is 16.7 Å². The van der Waals surface area contributed by atoms with Gasteiger partial charge in [-0.25, -0.2) is 0 Å². The van der Waals surface area contributed by atoms with E-state index in [-0.39, 0.29) is 17.8 Å². The van der Waals surface area contributed by atoms with Crippen LogP contribution in [0.2, 0.25) is 5.02 Å². The molecule has 0 unspecified atom stereocenters. The molecule has 1 heterocycles. The summed E-state index contributed by atoms with van der Waals surface area (Å²) in [6.45, 7) is 0.270. The first-order valence-electron chi connectivity index (χ1n) is 7.05. The predicted octanol–water partition coefficient (Wildman–Crippen LogP) is 3.65. The first-order chi connectivity index (χ1) is 10.7. The molecule has 0 saturated carbocycles. The van der Waals surface area contributed by atoms with E-state index in [0.29, 0.717) is 10.8 Å². The average molecular weight is 334 g/mol. The van der Waals surface area contributed by atoms with Crippen molar-refractivity contribution in [1.29, 1.82) is 0 Å². The predicted molar refractivity (Wildman–Crippen MR) is 89.8 cm³/mol. The molecule has 1 amide bonds. The third kappa shape index (κ3) is 3.14. The summed E-state index contributed by atoms with van der Waals surface area (Å²) in [6.07, 6.45) is -0.700. The van der Waals surface area contributed by atoms with Crippen molar-refractivity contribution in [2.24, 2.45) is 0 Å². The van der Waals surface area contributed by atoms with E-state index in [0.717, 1.165) is 11.1 Å². The fraction of sp³-hybridized carbons (Fsp3) is 0.235. The standard InChI is InChI=1S/C17H16ClNO2S/c18-14-9-5-4-8-13(14)17-19(16(21)11-22-17)10-15(20)12-6-2-1-3-7-12/h1-9,15,17,20H,10-11H2/t15-,17+/m0/s1. The molecular formula is C17H16ClNO2S. The number of aliphatic hydroxyl groups is 1. The molecule has 0 spiro atoms. The number of halogens is 1. The van der Waals surface area contributed by atoms with E-state index >= 15 is 0 Å². The van der Waals surface area contributed by atoms with Crippen molar-refractivity contribution in [1.82, 2.24) is 4.90 Å². The van der Waals surface area contributed by atoms with Gasteiger partial charge in [0.1, 0.15) is 5.37 Å². The lowest BCUT2D eigenvalue weighted by molar-refractivity contribution is -0.129. The molecule has 1 N–H and O–H groups in total. The molecule has 0 bridgehead atoms. The number of carbonyl (C=O) groups excluding carboxylic acids is 1. The molecule has 5 heteroatoms. The van der Waals surface area contributed by atoms with Crippen molar-refractivity contribution in [3.63, 3.8) is 0 Å². The summed E-state index contributed by atoms with van der Waals surface area (Å²) in [4.78, 5) is 13.9. The van der Waals surface area contributed by atoms with Crippen LogP contribution < -0.4 is 0 Å². The fourth-order valence-electron chi connectivity index (χ4n) is 2.55. The second-order valence-corrected chi connectivity index (χ2v) is 6.63. The van der Waals surface area contributed by atoms with Crippen molar-refractivity contribution in [3.8, 4) is 0 Å². The molecule has 0 aromatic heterocycles.